The first kappa shape index (κ1) is 18.2. The van der Waals surface area contributed by atoms with E-state index in [0.717, 1.165) is 4.90 Å². The van der Waals surface area contributed by atoms with E-state index in [-0.39, 0.29) is 11.7 Å². The van der Waals surface area contributed by atoms with E-state index in [0.29, 0.717) is 27.6 Å². The van der Waals surface area contributed by atoms with Gasteiger partial charge in [0, 0.05) is 16.0 Å². The monoisotopic (exact) mass is 381 g/mol. The van der Waals surface area contributed by atoms with Gasteiger partial charge >= 0.3 is 0 Å². The summed E-state index contributed by atoms with van der Waals surface area (Å²) in [7, 11) is 0. The number of para-hydroxylation sites is 1. The molecule has 130 valence electrons. The molecule has 1 N–H and O–H groups in total. The third-order valence-electron chi connectivity index (χ3n) is 3.68. The topological polar surface area (TPSA) is 46.2 Å². The lowest BCUT2D eigenvalue weighted by atomic mass is 10.2. The van der Waals surface area contributed by atoms with Crippen molar-refractivity contribution in [1.82, 2.24) is 0 Å². The van der Waals surface area contributed by atoms with Crippen LogP contribution in [-0.4, -0.2) is 17.4 Å². The van der Waals surface area contributed by atoms with Crippen LogP contribution < -0.4 is 5.32 Å². The van der Waals surface area contributed by atoms with Gasteiger partial charge in [0.25, 0.3) is 5.91 Å². The summed E-state index contributed by atoms with van der Waals surface area (Å²) in [6.07, 6.45) is 0. The van der Waals surface area contributed by atoms with Crippen molar-refractivity contribution in [3.8, 4) is 0 Å². The Labute approximate surface area is 161 Å². The van der Waals surface area contributed by atoms with Gasteiger partial charge in [0.05, 0.1) is 16.5 Å². The van der Waals surface area contributed by atoms with Crippen LogP contribution in [0.2, 0.25) is 5.02 Å². The number of thioether (sulfide) groups is 1. The number of halogens is 1. The van der Waals surface area contributed by atoms with E-state index in [9.17, 15) is 9.59 Å². The molecule has 3 aromatic rings. The molecule has 0 aliphatic carbocycles. The summed E-state index contributed by atoms with van der Waals surface area (Å²) in [5.41, 5.74) is 1.77. The minimum atomic E-state index is -0.241. The minimum absolute atomic E-state index is 0.0570. The van der Waals surface area contributed by atoms with Crippen molar-refractivity contribution >= 4 is 40.7 Å². The van der Waals surface area contributed by atoms with Gasteiger partial charge in [0.15, 0.2) is 5.78 Å². The van der Waals surface area contributed by atoms with Crippen LogP contribution in [0.3, 0.4) is 0 Å². The van der Waals surface area contributed by atoms with Gasteiger partial charge in [-0.05, 0) is 30.3 Å². The molecule has 0 unspecified atom stereocenters. The van der Waals surface area contributed by atoms with Crippen LogP contribution in [0.25, 0.3) is 0 Å². The van der Waals surface area contributed by atoms with Crippen LogP contribution in [0, 0.1) is 0 Å². The summed E-state index contributed by atoms with van der Waals surface area (Å²) in [4.78, 5) is 25.5. The Hall–Kier alpha value is -2.56. The van der Waals surface area contributed by atoms with E-state index < -0.39 is 0 Å². The average molecular weight is 382 g/mol. The second kappa shape index (κ2) is 8.70. The highest BCUT2D eigenvalue weighted by Gasteiger charge is 2.10. The highest BCUT2D eigenvalue weighted by Crippen LogP contribution is 2.23. The number of nitrogens with one attached hydrogen (secondary N) is 1. The lowest BCUT2D eigenvalue weighted by Gasteiger charge is -2.08. The van der Waals surface area contributed by atoms with Crippen molar-refractivity contribution in [1.29, 1.82) is 0 Å². The quantitative estimate of drug-likeness (QED) is 0.448. The van der Waals surface area contributed by atoms with Gasteiger partial charge in [-0.25, -0.2) is 0 Å². The van der Waals surface area contributed by atoms with E-state index in [4.69, 9.17) is 11.6 Å². The van der Waals surface area contributed by atoms with Crippen molar-refractivity contribution in [3.63, 3.8) is 0 Å². The van der Waals surface area contributed by atoms with Gasteiger partial charge in [-0.3, -0.25) is 9.59 Å². The third-order valence-corrected chi connectivity index (χ3v) is 5.01. The number of hydrogen-bond donors (Lipinski definition) is 1. The molecule has 3 nitrogen and oxygen atoms in total. The molecule has 0 atom stereocenters. The third kappa shape index (κ3) is 4.75. The predicted molar refractivity (Wildman–Crippen MR) is 107 cm³/mol. The number of Topliss-reactive ketones (excluding diaryl/α,β-unsaturated/α-hetero) is 1. The molecule has 0 heterocycles. The summed E-state index contributed by atoms with van der Waals surface area (Å²) in [5, 5.41) is 3.28. The molecule has 0 saturated heterocycles. The first-order valence-electron chi connectivity index (χ1n) is 8.00. The molecular formula is C21H16ClNO2S. The summed E-state index contributed by atoms with van der Waals surface area (Å²) >= 11 is 7.48. The van der Waals surface area contributed by atoms with Crippen molar-refractivity contribution < 1.29 is 9.59 Å². The summed E-state index contributed by atoms with van der Waals surface area (Å²) < 4.78 is 0. The average Bonchev–Trinajstić information content (AvgIpc) is 2.69. The largest absolute Gasteiger partial charge is 0.321 e. The highest BCUT2D eigenvalue weighted by molar-refractivity contribution is 8.00. The number of ketones is 1. The lowest BCUT2D eigenvalue weighted by molar-refractivity contribution is 0.101. The molecule has 3 rings (SSSR count). The number of carbonyl (C=O) groups excluding carboxylic acids is 2. The SMILES string of the molecule is O=C(CSc1cccc(C(=O)Nc2ccccc2Cl)c1)c1ccccc1. The van der Waals surface area contributed by atoms with Gasteiger partial charge in [-0.2, -0.15) is 0 Å². The van der Waals surface area contributed by atoms with E-state index in [2.05, 4.69) is 5.32 Å². The van der Waals surface area contributed by atoms with Gasteiger partial charge < -0.3 is 5.32 Å². The predicted octanol–water partition coefficient (Wildman–Crippen LogP) is 5.57. The van der Waals surface area contributed by atoms with Crippen molar-refractivity contribution in [2.45, 2.75) is 4.90 Å². The zero-order chi connectivity index (χ0) is 18.4. The van der Waals surface area contributed by atoms with Crippen molar-refractivity contribution in [3.05, 3.63) is 95.0 Å². The molecule has 0 fully saturated rings. The summed E-state index contributed by atoms with van der Waals surface area (Å²) in [5.74, 6) is 0.135. The number of rotatable bonds is 6. The second-order valence-electron chi connectivity index (χ2n) is 5.54. The van der Waals surface area contributed by atoms with Crippen molar-refractivity contribution in [2.75, 3.05) is 11.1 Å². The Morgan fingerprint density at radius 2 is 1.54 bits per heavy atom. The Kier molecular flexibility index (Phi) is 6.10. The molecule has 0 aliphatic rings. The smallest absolute Gasteiger partial charge is 0.255 e. The lowest BCUT2D eigenvalue weighted by Crippen LogP contribution is -2.12. The zero-order valence-corrected chi connectivity index (χ0v) is 15.4. The molecule has 0 aromatic heterocycles. The molecule has 1 amide bonds. The fourth-order valence-electron chi connectivity index (χ4n) is 2.34. The van der Waals surface area contributed by atoms with Gasteiger partial charge in [0.2, 0.25) is 0 Å². The Morgan fingerprint density at radius 3 is 2.31 bits per heavy atom. The van der Waals surface area contributed by atoms with Gasteiger partial charge in [-0.15, -0.1) is 11.8 Å². The summed E-state index contributed by atoms with van der Waals surface area (Å²) in [6.45, 7) is 0. The first-order chi connectivity index (χ1) is 12.6. The first-order valence-corrected chi connectivity index (χ1v) is 9.37. The summed E-state index contributed by atoms with van der Waals surface area (Å²) in [6, 6.07) is 23.4. The van der Waals surface area contributed by atoms with E-state index in [1.54, 1.807) is 48.5 Å². The van der Waals surface area contributed by atoms with Crippen LogP contribution in [0.1, 0.15) is 20.7 Å². The fourth-order valence-corrected chi connectivity index (χ4v) is 3.37. The zero-order valence-electron chi connectivity index (χ0n) is 13.8. The number of amides is 1. The Morgan fingerprint density at radius 1 is 0.846 bits per heavy atom. The maximum atomic E-state index is 12.4. The number of anilines is 1. The molecule has 0 radical (unpaired) electrons. The molecule has 26 heavy (non-hydrogen) atoms. The maximum Gasteiger partial charge on any atom is 0.255 e. The fraction of sp³-hybridized carbons (Fsp3) is 0.0476. The van der Waals surface area contributed by atoms with E-state index in [1.165, 1.54) is 11.8 Å². The van der Waals surface area contributed by atoms with Crippen LogP contribution in [0.15, 0.2) is 83.8 Å². The Bertz CT molecular complexity index is 928. The van der Waals surface area contributed by atoms with Crippen LogP contribution >= 0.6 is 23.4 Å². The maximum absolute atomic E-state index is 12.4. The molecule has 5 heteroatoms. The van der Waals surface area contributed by atoms with Gasteiger partial charge in [-0.1, -0.05) is 60.1 Å². The van der Waals surface area contributed by atoms with E-state index in [1.807, 2.05) is 30.3 Å². The normalized spacial score (nSPS) is 10.3. The number of benzene rings is 3. The highest BCUT2D eigenvalue weighted by atomic mass is 35.5. The van der Waals surface area contributed by atoms with Gasteiger partial charge in [0.1, 0.15) is 0 Å². The minimum Gasteiger partial charge on any atom is -0.321 e. The molecular weight excluding hydrogens is 366 g/mol. The molecule has 0 bridgehead atoms. The molecule has 0 aliphatic heterocycles. The second-order valence-corrected chi connectivity index (χ2v) is 7.00. The molecule has 0 spiro atoms. The number of carbonyl (C=O) groups is 2. The Balaban J connectivity index is 1.65. The standard InChI is InChI=1S/C21H16ClNO2S/c22-18-11-4-5-12-19(18)23-21(25)16-9-6-10-17(13-16)26-14-20(24)15-7-2-1-3-8-15/h1-13H,14H2,(H,23,25). The molecule has 0 saturated carbocycles. The van der Waals surface area contributed by atoms with Crippen LogP contribution in [0.5, 0.6) is 0 Å². The molecule has 3 aromatic carbocycles. The number of hydrogen-bond acceptors (Lipinski definition) is 3. The van der Waals surface area contributed by atoms with Crippen LogP contribution in [0.4, 0.5) is 5.69 Å². The van der Waals surface area contributed by atoms with Crippen LogP contribution in [-0.2, 0) is 0 Å². The van der Waals surface area contributed by atoms with E-state index >= 15 is 0 Å². The van der Waals surface area contributed by atoms with Crippen molar-refractivity contribution in [2.24, 2.45) is 0 Å².